The fourth-order valence-corrected chi connectivity index (χ4v) is 2.21. The van der Waals surface area contributed by atoms with Crippen molar-refractivity contribution in [2.75, 3.05) is 6.54 Å². The third kappa shape index (κ3) is 3.01. The molecule has 1 heterocycles. The Morgan fingerprint density at radius 3 is 2.84 bits per heavy atom. The summed E-state index contributed by atoms with van der Waals surface area (Å²) >= 11 is 3.08. The topological polar surface area (TPSA) is 40.7 Å². The minimum atomic E-state index is -0.632. The molecule has 102 valence electrons. The molecular formula is C13H14BrF2N3. The van der Waals surface area contributed by atoms with Crippen LogP contribution in [0.2, 0.25) is 0 Å². The Kier molecular flexibility index (Phi) is 4.66. The normalized spacial score (nSPS) is 12.6. The first-order chi connectivity index (χ1) is 9.15. The highest BCUT2D eigenvalue weighted by atomic mass is 79.9. The molecule has 0 spiro atoms. The maximum atomic E-state index is 14.2. The second kappa shape index (κ2) is 6.25. The summed E-state index contributed by atoms with van der Waals surface area (Å²) in [5.41, 5.74) is -0.0298. The summed E-state index contributed by atoms with van der Waals surface area (Å²) in [7, 11) is 0. The van der Waals surface area contributed by atoms with Gasteiger partial charge in [-0.25, -0.2) is 13.8 Å². The number of H-pyrrole nitrogens is 1. The van der Waals surface area contributed by atoms with Crippen molar-refractivity contribution in [1.29, 1.82) is 0 Å². The average Bonchev–Trinajstić information content (AvgIpc) is 2.92. The highest BCUT2D eigenvalue weighted by Crippen LogP contribution is 2.29. The second-order valence-electron chi connectivity index (χ2n) is 4.12. The summed E-state index contributed by atoms with van der Waals surface area (Å²) in [6, 6.07) is 1.96. The first kappa shape index (κ1) is 14.1. The lowest BCUT2D eigenvalue weighted by molar-refractivity contribution is 0.490. The van der Waals surface area contributed by atoms with Gasteiger partial charge in [0, 0.05) is 18.0 Å². The Morgan fingerprint density at radius 2 is 2.21 bits per heavy atom. The van der Waals surface area contributed by atoms with Gasteiger partial charge in [0.05, 0.1) is 10.5 Å². The van der Waals surface area contributed by atoms with Gasteiger partial charge in [0.25, 0.3) is 0 Å². The number of aromatic nitrogens is 2. The standard InChI is InChI=1S/C13H14BrF2N3/c1-2-5-17-12(13-18-6-7-19-13)10-9(15)4-3-8(14)11(10)16/h3-4,6-7,12,17H,2,5H2,1H3,(H,18,19). The van der Waals surface area contributed by atoms with Crippen molar-refractivity contribution in [1.82, 2.24) is 15.3 Å². The number of benzene rings is 1. The smallest absolute Gasteiger partial charge is 0.145 e. The third-order valence-corrected chi connectivity index (χ3v) is 3.37. The number of nitrogens with one attached hydrogen (secondary N) is 2. The molecule has 0 bridgehead atoms. The highest BCUT2D eigenvalue weighted by molar-refractivity contribution is 9.10. The van der Waals surface area contributed by atoms with Gasteiger partial charge in [-0.3, -0.25) is 0 Å². The molecule has 0 radical (unpaired) electrons. The van der Waals surface area contributed by atoms with E-state index in [-0.39, 0.29) is 10.0 Å². The van der Waals surface area contributed by atoms with Crippen molar-refractivity contribution < 1.29 is 8.78 Å². The molecule has 0 aliphatic heterocycles. The molecule has 2 N–H and O–H groups in total. The summed E-state index contributed by atoms with van der Waals surface area (Å²) in [6.07, 6.45) is 4.04. The monoisotopic (exact) mass is 329 g/mol. The van der Waals surface area contributed by atoms with E-state index in [0.717, 1.165) is 6.42 Å². The van der Waals surface area contributed by atoms with E-state index >= 15 is 0 Å². The van der Waals surface area contributed by atoms with Crippen LogP contribution in [0.15, 0.2) is 29.0 Å². The first-order valence-corrected chi connectivity index (χ1v) is 6.80. The molecule has 0 saturated carbocycles. The van der Waals surface area contributed by atoms with Crippen molar-refractivity contribution in [3.63, 3.8) is 0 Å². The number of aromatic amines is 1. The van der Waals surface area contributed by atoms with E-state index in [9.17, 15) is 8.78 Å². The van der Waals surface area contributed by atoms with Crippen molar-refractivity contribution >= 4 is 15.9 Å². The van der Waals surface area contributed by atoms with Gasteiger partial charge >= 0.3 is 0 Å². The van der Waals surface area contributed by atoms with E-state index in [0.29, 0.717) is 12.4 Å². The quantitative estimate of drug-likeness (QED) is 0.824. The van der Waals surface area contributed by atoms with Crippen molar-refractivity contribution in [3.05, 3.63) is 52.0 Å². The summed E-state index contributed by atoms with van der Waals surface area (Å²) < 4.78 is 28.4. The van der Waals surface area contributed by atoms with Gasteiger partial charge < -0.3 is 10.3 Å². The fourth-order valence-electron chi connectivity index (χ4n) is 1.87. The molecule has 1 unspecified atom stereocenters. The molecule has 2 rings (SSSR count). The molecule has 1 atom stereocenters. The summed E-state index contributed by atoms with van der Waals surface area (Å²) in [5, 5.41) is 3.10. The van der Waals surface area contributed by atoms with E-state index in [4.69, 9.17) is 0 Å². The van der Waals surface area contributed by atoms with Gasteiger partial charge in [-0.2, -0.15) is 0 Å². The molecule has 1 aromatic carbocycles. The van der Waals surface area contributed by atoms with Crippen LogP contribution in [0.4, 0.5) is 8.78 Å². The number of hydrogen-bond donors (Lipinski definition) is 2. The Balaban J connectivity index is 2.46. The van der Waals surface area contributed by atoms with Crippen LogP contribution < -0.4 is 5.32 Å². The minimum absolute atomic E-state index is 0.0298. The molecule has 0 amide bonds. The molecule has 0 fully saturated rings. The van der Waals surface area contributed by atoms with Crippen molar-refractivity contribution in [3.8, 4) is 0 Å². The van der Waals surface area contributed by atoms with E-state index < -0.39 is 17.7 Å². The third-order valence-electron chi connectivity index (χ3n) is 2.76. The zero-order valence-electron chi connectivity index (χ0n) is 10.4. The molecule has 6 heteroatoms. The molecule has 0 aliphatic carbocycles. The van der Waals surface area contributed by atoms with Crippen LogP contribution in [0.3, 0.4) is 0 Å². The maximum Gasteiger partial charge on any atom is 0.145 e. The van der Waals surface area contributed by atoms with Crippen molar-refractivity contribution in [2.24, 2.45) is 0 Å². The maximum absolute atomic E-state index is 14.2. The number of halogens is 3. The Labute approximate surface area is 118 Å². The lowest BCUT2D eigenvalue weighted by atomic mass is 10.0. The molecule has 0 aliphatic rings. The fraction of sp³-hybridized carbons (Fsp3) is 0.308. The van der Waals surface area contributed by atoms with Gasteiger partial charge in [-0.05, 0) is 41.0 Å². The van der Waals surface area contributed by atoms with Crippen molar-refractivity contribution in [2.45, 2.75) is 19.4 Å². The van der Waals surface area contributed by atoms with Crippen LogP contribution in [-0.2, 0) is 0 Å². The van der Waals surface area contributed by atoms with Gasteiger partial charge in [0.1, 0.15) is 17.5 Å². The summed E-state index contributed by atoms with van der Waals surface area (Å²) in [6.45, 7) is 2.62. The Hall–Kier alpha value is -1.27. The van der Waals surface area contributed by atoms with Crippen LogP contribution in [0.25, 0.3) is 0 Å². The predicted molar refractivity (Wildman–Crippen MR) is 72.8 cm³/mol. The van der Waals surface area contributed by atoms with Crippen LogP contribution in [-0.4, -0.2) is 16.5 Å². The number of rotatable bonds is 5. The predicted octanol–water partition coefficient (Wildman–Crippen LogP) is 3.54. The van der Waals surface area contributed by atoms with E-state index in [2.05, 4.69) is 31.2 Å². The SMILES string of the molecule is CCCNC(c1ncc[nH]1)c1c(F)ccc(Br)c1F. The number of imidazole rings is 1. The van der Waals surface area contributed by atoms with Gasteiger partial charge in [0.15, 0.2) is 0 Å². The molecule has 3 nitrogen and oxygen atoms in total. The lowest BCUT2D eigenvalue weighted by Gasteiger charge is -2.18. The average molecular weight is 330 g/mol. The van der Waals surface area contributed by atoms with Crippen LogP contribution >= 0.6 is 15.9 Å². The summed E-state index contributed by atoms with van der Waals surface area (Å²) in [4.78, 5) is 6.99. The number of nitrogens with zero attached hydrogens (tertiary/aromatic N) is 1. The van der Waals surface area contributed by atoms with Crippen LogP contribution in [0.1, 0.15) is 30.8 Å². The molecule has 1 aromatic heterocycles. The van der Waals surface area contributed by atoms with Crippen LogP contribution in [0.5, 0.6) is 0 Å². The number of hydrogen-bond acceptors (Lipinski definition) is 2. The largest absolute Gasteiger partial charge is 0.347 e. The van der Waals surface area contributed by atoms with Gasteiger partial charge in [-0.15, -0.1) is 0 Å². The lowest BCUT2D eigenvalue weighted by Crippen LogP contribution is -2.26. The molecular weight excluding hydrogens is 316 g/mol. The molecule has 19 heavy (non-hydrogen) atoms. The zero-order valence-corrected chi connectivity index (χ0v) is 12.0. The Bertz CT molecular complexity index is 543. The molecule has 0 saturated heterocycles. The highest BCUT2D eigenvalue weighted by Gasteiger charge is 2.24. The molecule has 2 aromatic rings. The first-order valence-electron chi connectivity index (χ1n) is 6.01. The zero-order chi connectivity index (χ0) is 13.8. The van der Waals surface area contributed by atoms with Crippen LogP contribution in [0, 0.1) is 11.6 Å². The van der Waals surface area contributed by atoms with Gasteiger partial charge in [-0.1, -0.05) is 6.92 Å². The Morgan fingerprint density at radius 1 is 1.42 bits per heavy atom. The second-order valence-corrected chi connectivity index (χ2v) is 4.97. The minimum Gasteiger partial charge on any atom is -0.347 e. The summed E-state index contributed by atoms with van der Waals surface area (Å²) in [5.74, 6) is -0.708. The van der Waals surface area contributed by atoms with E-state index in [1.807, 2.05) is 6.92 Å². The van der Waals surface area contributed by atoms with E-state index in [1.54, 1.807) is 12.4 Å². The van der Waals surface area contributed by atoms with E-state index in [1.165, 1.54) is 12.1 Å². The van der Waals surface area contributed by atoms with Gasteiger partial charge in [0.2, 0.25) is 0 Å².